The number of halogens is 1. The van der Waals surface area contributed by atoms with Crippen LogP contribution in [0.2, 0.25) is 5.02 Å². The first-order valence-electron chi connectivity index (χ1n) is 7.56. The molecule has 0 saturated carbocycles. The van der Waals surface area contributed by atoms with Gasteiger partial charge >= 0.3 is 5.97 Å². The zero-order valence-corrected chi connectivity index (χ0v) is 13.3. The second kappa shape index (κ2) is 7.13. The first-order chi connectivity index (χ1) is 11.1. The Balaban J connectivity index is 1.66. The van der Waals surface area contributed by atoms with E-state index in [-0.39, 0.29) is 12.1 Å². The van der Waals surface area contributed by atoms with Crippen LogP contribution in [0.4, 0.5) is 0 Å². The predicted molar refractivity (Wildman–Crippen MR) is 88.8 cm³/mol. The summed E-state index contributed by atoms with van der Waals surface area (Å²) in [4.78, 5) is 11.0. The van der Waals surface area contributed by atoms with E-state index in [9.17, 15) is 4.79 Å². The van der Waals surface area contributed by atoms with Gasteiger partial charge in [0.1, 0.15) is 0 Å². The Morgan fingerprint density at radius 3 is 2.78 bits per heavy atom. The van der Waals surface area contributed by atoms with Gasteiger partial charge in [0, 0.05) is 24.2 Å². The predicted octanol–water partition coefficient (Wildman–Crippen LogP) is 3.66. The fourth-order valence-electron chi connectivity index (χ4n) is 2.84. The van der Waals surface area contributed by atoms with Crippen LogP contribution in [0.1, 0.15) is 34.0 Å². The molecule has 2 N–H and O–H groups in total. The molecule has 0 bridgehead atoms. The summed E-state index contributed by atoms with van der Waals surface area (Å²) >= 11 is 5.93. The Bertz CT molecular complexity index is 687. The van der Waals surface area contributed by atoms with E-state index in [2.05, 4.69) is 5.32 Å². The van der Waals surface area contributed by atoms with Crippen molar-refractivity contribution in [3.05, 3.63) is 70.2 Å². The molecule has 1 aliphatic rings. The molecule has 0 aromatic heterocycles. The Kier molecular flexibility index (Phi) is 4.96. The maximum Gasteiger partial charge on any atom is 0.335 e. The normalized spacial score (nSPS) is 20.6. The molecule has 23 heavy (non-hydrogen) atoms. The van der Waals surface area contributed by atoms with E-state index in [1.165, 1.54) is 0 Å². The monoisotopic (exact) mass is 331 g/mol. The van der Waals surface area contributed by atoms with E-state index < -0.39 is 5.97 Å². The van der Waals surface area contributed by atoms with Gasteiger partial charge in [-0.15, -0.1) is 0 Å². The maximum atomic E-state index is 11.0. The molecule has 2 aromatic carbocycles. The van der Waals surface area contributed by atoms with Crippen molar-refractivity contribution in [3.8, 4) is 0 Å². The van der Waals surface area contributed by atoms with E-state index in [1.54, 1.807) is 18.2 Å². The molecule has 3 rings (SSSR count). The summed E-state index contributed by atoms with van der Waals surface area (Å²) in [7, 11) is 0. The summed E-state index contributed by atoms with van der Waals surface area (Å²) in [5.74, 6) is -0.907. The van der Waals surface area contributed by atoms with Gasteiger partial charge in [-0.25, -0.2) is 4.79 Å². The smallest absolute Gasteiger partial charge is 0.335 e. The molecule has 5 heteroatoms. The van der Waals surface area contributed by atoms with Gasteiger partial charge in [-0.2, -0.15) is 0 Å². The van der Waals surface area contributed by atoms with Crippen molar-refractivity contribution >= 4 is 17.6 Å². The molecule has 2 aromatic rings. The van der Waals surface area contributed by atoms with Gasteiger partial charge in [-0.05, 0) is 41.8 Å². The van der Waals surface area contributed by atoms with Crippen LogP contribution in [-0.4, -0.2) is 23.7 Å². The third-order valence-electron chi connectivity index (χ3n) is 4.03. The lowest BCUT2D eigenvalue weighted by Gasteiger charge is -2.20. The average Bonchev–Trinajstić information content (AvgIpc) is 3.02. The molecule has 2 unspecified atom stereocenters. The van der Waals surface area contributed by atoms with Gasteiger partial charge in [-0.3, -0.25) is 0 Å². The van der Waals surface area contributed by atoms with Gasteiger partial charge < -0.3 is 15.2 Å². The van der Waals surface area contributed by atoms with Gasteiger partial charge in [0.15, 0.2) is 0 Å². The highest BCUT2D eigenvalue weighted by Gasteiger charge is 2.29. The topological polar surface area (TPSA) is 58.6 Å². The number of aromatic carboxylic acids is 1. The lowest BCUT2D eigenvalue weighted by atomic mass is 10.0. The standard InChI is InChI=1S/C18H18ClNO3/c19-15-6-4-13(5-7-15)17-16(8-9-23-17)20-11-12-2-1-3-14(10-12)18(21)22/h1-7,10,16-17,20H,8-9,11H2,(H,21,22). The van der Waals surface area contributed by atoms with E-state index >= 15 is 0 Å². The number of carbonyl (C=O) groups is 1. The number of nitrogens with one attached hydrogen (secondary N) is 1. The maximum absolute atomic E-state index is 11.0. The molecule has 2 atom stereocenters. The largest absolute Gasteiger partial charge is 0.478 e. The average molecular weight is 332 g/mol. The molecule has 4 nitrogen and oxygen atoms in total. The molecular formula is C18H18ClNO3. The van der Waals surface area contributed by atoms with E-state index in [1.807, 2.05) is 30.3 Å². The first kappa shape index (κ1) is 16.0. The van der Waals surface area contributed by atoms with Crippen LogP contribution in [0.5, 0.6) is 0 Å². The fourth-order valence-corrected chi connectivity index (χ4v) is 2.97. The van der Waals surface area contributed by atoms with Crippen molar-refractivity contribution < 1.29 is 14.6 Å². The van der Waals surface area contributed by atoms with Crippen molar-refractivity contribution in [1.29, 1.82) is 0 Å². The van der Waals surface area contributed by atoms with Gasteiger partial charge in [0.05, 0.1) is 11.7 Å². The molecule has 0 amide bonds. The molecule has 0 radical (unpaired) electrons. The second-order valence-electron chi connectivity index (χ2n) is 5.62. The lowest BCUT2D eigenvalue weighted by Crippen LogP contribution is -2.31. The number of carboxylic acids is 1. The highest BCUT2D eigenvalue weighted by molar-refractivity contribution is 6.30. The molecule has 0 spiro atoms. The van der Waals surface area contributed by atoms with Crippen LogP contribution in [-0.2, 0) is 11.3 Å². The second-order valence-corrected chi connectivity index (χ2v) is 6.06. The van der Waals surface area contributed by atoms with Crippen LogP contribution < -0.4 is 5.32 Å². The Labute approximate surface area is 140 Å². The van der Waals surface area contributed by atoms with Crippen LogP contribution in [0.3, 0.4) is 0 Å². The third kappa shape index (κ3) is 3.91. The minimum atomic E-state index is -0.907. The number of ether oxygens (including phenoxy) is 1. The first-order valence-corrected chi connectivity index (χ1v) is 7.94. The summed E-state index contributed by atoms with van der Waals surface area (Å²) in [5.41, 5.74) is 2.36. The number of rotatable bonds is 5. The number of benzene rings is 2. The van der Waals surface area contributed by atoms with Crippen molar-refractivity contribution in [1.82, 2.24) is 5.32 Å². The van der Waals surface area contributed by atoms with Crippen molar-refractivity contribution in [2.45, 2.75) is 25.1 Å². The Morgan fingerprint density at radius 2 is 2.04 bits per heavy atom. The van der Waals surface area contributed by atoms with Crippen molar-refractivity contribution in [2.24, 2.45) is 0 Å². The van der Waals surface area contributed by atoms with E-state index in [4.69, 9.17) is 21.4 Å². The molecule has 1 saturated heterocycles. The van der Waals surface area contributed by atoms with Crippen LogP contribution >= 0.6 is 11.6 Å². The summed E-state index contributed by atoms with van der Waals surface area (Å²) in [6.45, 7) is 1.32. The zero-order valence-electron chi connectivity index (χ0n) is 12.5. The quantitative estimate of drug-likeness (QED) is 0.878. The van der Waals surface area contributed by atoms with Gasteiger partial charge in [0.25, 0.3) is 0 Å². The van der Waals surface area contributed by atoms with Crippen LogP contribution in [0.25, 0.3) is 0 Å². The number of hydrogen-bond donors (Lipinski definition) is 2. The number of hydrogen-bond acceptors (Lipinski definition) is 3. The minimum Gasteiger partial charge on any atom is -0.478 e. The fraction of sp³-hybridized carbons (Fsp3) is 0.278. The molecule has 120 valence electrons. The third-order valence-corrected chi connectivity index (χ3v) is 4.28. The zero-order chi connectivity index (χ0) is 16.2. The number of carboxylic acid groups (broad SMARTS) is 1. The van der Waals surface area contributed by atoms with Crippen LogP contribution in [0, 0.1) is 0 Å². The highest BCUT2D eigenvalue weighted by Crippen LogP contribution is 2.30. The summed E-state index contributed by atoms with van der Waals surface area (Å²) in [5, 5.41) is 13.2. The summed E-state index contributed by atoms with van der Waals surface area (Å²) in [6.07, 6.45) is 0.918. The van der Waals surface area contributed by atoms with E-state index in [0.717, 1.165) is 17.5 Å². The molecule has 1 fully saturated rings. The van der Waals surface area contributed by atoms with Gasteiger partial charge in [-0.1, -0.05) is 35.9 Å². The minimum absolute atomic E-state index is 0.00470. The van der Waals surface area contributed by atoms with Crippen molar-refractivity contribution in [2.75, 3.05) is 6.61 Å². The molecule has 1 aliphatic heterocycles. The Morgan fingerprint density at radius 1 is 1.26 bits per heavy atom. The van der Waals surface area contributed by atoms with Crippen LogP contribution in [0.15, 0.2) is 48.5 Å². The summed E-state index contributed by atoms with van der Waals surface area (Å²) < 4.78 is 5.84. The van der Waals surface area contributed by atoms with E-state index in [0.29, 0.717) is 23.7 Å². The SMILES string of the molecule is O=C(O)c1cccc(CNC2CCOC2c2ccc(Cl)cc2)c1. The highest BCUT2D eigenvalue weighted by atomic mass is 35.5. The molecular weight excluding hydrogens is 314 g/mol. The molecule has 1 heterocycles. The summed E-state index contributed by atoms with van der Waals surface area (Å²) in [6, 6.07) is 14.9. The van der Waals surface area contributed by atoms with Crippen molar-refractivity contribution in [3.63, 3.8) is 0 Å². The van der Waals surface area contributed by atoms with Gasteiger partial charge in [0.2, 0.25) is 0 Å². The lowest BCUT2D eigenvalue weighted by molar-refractivity contribution is 0.0696. The Hall–Kier alpha value is -1.88. The molecule has 0 aliphatic carbocycles.